The standard InChI is InChI=1S/C27H32ClN5O6/c1-4-18(19-9-7-11-29-19)30-25(35)15-33-26(36)16-8-5-6-10-21(16)32(27(33)37)14-24(34)31-20-12-17(28)22(38-2)13-23(20)39-3/h5-6,8,10,12-13,18-19,29H,4,7,9,11,14-15H2,1-3H3,(H,30,35)(H,31,34). The molecule has 1 aliphatic rings. The molecule has 1 aromatic heterocycles. The molecular weight excluding hydrogens is 526 g/mol. The number of halogens is 1. The number of methoxy groups -OCH3 is 2. The van der Waals surface area contributed by atoms with Crippen LogP contribution in [0.3, 0.4) is 0 Å². The molecule has 2 amide bonds. The maximum atomic E-state index is 13.5. The van der Waals surface area contributed by atoms with E-state index in [1.54, 1.807) is 24.3 Å². The number of ether oxygens (including phenoxy) is 2. The zero-order valence-electron chi connectivity index (χ0n) is 22.1. The molecule has 1 aliphatic heterocycles. The van der Waals surface area contributed by atoms with Gasteiger partial charge in [-0.2, -0.15) is 0 Å². The Balaban J connectivity index is 1.63. The van der Waals surface area contributed by atoms with Crippen LogP contribution < -0.4 is 36.7 Å². The van der Waals surface area contributed by atoms with Crippen LogP contribution in [-0.2, 0) is 22.7 Å². The first kappa shape index (κ1) is 28.2. The highest BCUT2D eigenvalue weighted by atomic mass is 35.5. The Hall–Kier alpha value is -3.83. The number of hydrogen-bond donors (Lipinski definition) is 3. The molecule has 3 N–H and O–H groups in total. The number of para-hydroxylation sites is 1. The predicted octanol–water partition coefficient (Wildman–Crippen LogP) is 2.12. The van der Waals surface area contributed by atoms with Crippen molar-refractivity contribution in [2.45, 2.75) is 51.4 Å². The molecule has 2 atom stereocenters. The Morgan fingerprint density at radius 1 is 1.08 bits per heavy atom. The summed E-state index contributed by atoms with van der Waals surface area (Å²) in [5.41, 5.74) is -0.807. The fourth-order valence-corrected chi connectivity index (χ4v) is 5.13. The van der Waals surface area contributed by atoms with E-state index in [-0.39, 0.29) is 33.7 Å². The number of nitrogens with zero attached hydrogens (tertiary/aromatic N) is 2. The number of carbonyl (C=O) groups is 2. The minimum Gasteiger partial charge on any atom is -0.495 e. The van der Waals surface area contributed by atoms with E-state index in [0.717, 1.165) is 24.0 Å². The lowest BCUT2D eigenvalue weighted by Crippen LogP contribution is -2.50. The molecule has 3 aromatic rings. The summed E-state index contributed by atoms with van der Waals surface area (Å²) < 4.78 is 12.6. The summed E-state index contributed by atoms with van der Waals surface area (Å²) >= 11 is 6.21. The van der Waals surface area contributed by atoms with Crippen LogP contribution in [-0.4, -0.2) is 53.8 Å². The van der Waals surface area contributed by atoms with Crippen molar-refractivity contribution in [3.05, 3.63) is 62.3 Å². The molecule has 0 aliphatic carbocycles. The van der Waals surface area contributed by atoms with E-state index in [0.29, 0.717) is 17.9 Å². The molecule has 0 radical (unpaired) electrons. The summed E-state index contributed by atoms with van der Waals surface area (Å²) in [6.07, 6.45) is 2.68. The molecule has 0 spiro atoms. The van der Waals surface area contributed by atoms with E-state index in [9.17, 15) is 19.2 Å². The lowest BCUT2D eigenvalue weighted by molar-refractivity contribution is -0.122. The highest BCUT2D eigenvalue weighted by Gasteiger charge is 2.25. The van der Waals surface area contributed by atoms with Gasteiger partial charge in [-0.15, -0.1) is 0 Å². The van der Waals surface area contributed by atoms with Crippen LogP contribution in [0.1, 0.15) is 26.2 Å². The van der Waals surface area contributed by atoms with Gasteiger partial charge in [0, 0.05) is 18.2 Å². The van der Waals surface area contributed by atoms with Gasteiger partial charge >= 0.3 is 5.69 Å². The van der Waals surface area contributed by atoms with E-state index < -0.39 is 36.2 Å². The average Bonchev–Trinajstić information content (AvgIpc) is 3.47. The normalized spacial score (nSPS) is 15.6. The molecule has 12 heteroatoms. The van der Waals surface area contributed by atoms with Crippen molar-refractivity contribution < 1.29 is 19.1 Å². The summed E-state index contributed by atoms with van der Waals surface area (Å²) in [7, 11) is 2.89. The summed E-state index contributed by atoms with van der Waals surface area (Å²) in [6.45, 7) is 1.99. The summed E-state index contributed by atoms with van der Waals surface area (Å²) in [4.78, 5) is 52.7. The van der Waals surface area contributed by atoms with Gasteiger partial charge in [0.1, 0.15) is 24.6 Å². The Morgan fingerprint density at radius 3 is 2.46 bits per heavy atom. The third-order valence-electron chi connectivity index (χ3n) is 6.85. The summed E-state index contributed by atoms with van der Waals surface area (Å²) in [5, 5.41) is 9.50. The Labute approximate surface area is 230 Å². The lowest BCUT2D eigenvalue weighted by atomic mass is 10.0. The second-order valence-corrected chi connectivity index (χ2v) is 9.70. The number of hydrogen-bond acceptors (Lipinski definition) is 7. The number of rotatable bonds is 10. The molecule has 39 heavy (non-hydrogen) atoms. The van der Waals surface area contributed by atoms with E-state index in [2.05, 4.69) is 16.0 Å². The molecule has 0 saturated carbocycles. The van der Waals surface area contributed by atoms with Crippen molar-refractivity contribution in [1.82, 2.24) is 19.8 Å². The maximum Gasteiger partial charge on any atom is 0.332 e. The predicted molar refractivity (Wildman–Crippen MR) is 149 cm³/mol. The highest BCUT2D eigenvalue weighted by molar-refractivity contribution is 6.32. The number of aromatic nitrogens is 2. The van der Waals surface area contributed by atoms with Gasteiger partial charge in [0.2, 0.25) is 11.8 Å². The van der Waals surface area contributed by atoms with Crippen molar-refractivity contribution in [1.29, 1.82) is 0 Å². The van der Waals surface area contributed by atoms with Crippen LogP contribution in [0.2, 0.25) is 5.02 Å². The molecule has 11 nitrogen and oxygen atoms in total. The highest BCUT2D eigenvalue weighted by Crippen LogP contribution is 2.35. The molecule has 2 unspecified atom stereocenters. The topological polar surface area (TPSA) is 133 Å². The van der Waals surface area contributed by atoms with Gasteiger partial charge in [0.15, 0.2) is 0 Å². The van der Waals surface area contributed by atoms with E-state index in [1.165, 1.54) is 30.9 Å². The minimum absolute atomic E-state index is 0.115. The smallest absolute Gasteiger partial charge is 0.332 e. The Bertz CT molecular complexity index is 1490. The SMILES string of the molecule is CCC(NC(=O)Cn1c(=O)c2ccccc2n(CC(=O)Nc2cc(Cl)c(OC)cc2OC)c1=O)C1CCCN1. The van der Waals surface area contributed by atoms with Crippen molar-refractivity contribution in [3.63, 3.8) is 0 Å². The molecule has 4 rings (SSSR count). The third kappa shape index (κ3) is 6.10. The fraction of sp³-hybridized carbons (Fsp3) is 0.407. The molecular formula is C27H32ClN5O6. The van der Waals surface area contributed by atoms with Gasteiger partial charge in [0.25, 0.3) is 5.56 Å². The number of anilines is 1. The van der Waals surface area contributed by atoms with Gasteiger partial charge < -0.3 is 25.4 Å². The van der Waals surface area contributed by atoms with Gasteiger partial charge in [-0.1, -0.05) is 30.7 Å². The fourth-order valence-electron chi connectivity index (χ4n) is 4.89. The van der Waals surface area contributed by atoms with Crippen molar-refractivity contribution in [2.75, 3.05) is 26.1 Å². The van der Waals surface area contributed by atoms with Crippen molar-refractivity contribution in [2.24, 2.45) is 0 Å². The van der Waals surface area contributed by atoms with Crippen LogP contribution in [0, 0.1) is 0 Å². The monoisotopic (exact) mass is 557 g/mol. The van der Waals surface area contributed by atoms with Gasteiger partial charge in [-0.05, 0) is 44.0 Å². The lowest BCUT2D eigenvalue weighted by Gasteiger charge is -2.24. The molecule has 2 aromatic carbocycles. The Kier molecular flexibility index (Phi) is 8.93. The van der Waals surface area contributed by atoms with Crippen LogP contribution in [0.25, 0.3) is 10.9 Å². The number of amides is 2. The molecule has 2 heterocycles. The summed E-state index contributed by atoms with van der Waals surface area (Å²) in [5.74, 6) is -0.327. The number of benzene rings is 2. The zero-order valence-corrected chi connectivity index (χ0v) is 22.8. The maximum absolute atomic E-state index is 13.5. The number of nitrogens with one attached hydrogen (secondary N) is 3. The largest absolute Gasteiger partial charge is 0.495 e. The van der Waals surface area contributed by atoms with E-state index >= 15 is 0 Å². The zero-order chi connectivity index (χ0) is 28.1. The number of fused-ring (bicyclic) bond motifs is 1. The molecule has 1 fully saturated rings. The van der Waals surface area contributed by atoms with Gasteiger partial charge in [-0.25, -0.2) is 4.79 Å². The quantitative estimate of drug-likeness (QED) is 0.348. The molecule has 208 valence electrons. The molecule has 0 bridgehead atoms. The van der Waals surface area contributed by atoms with Crippen molar-refractivity contribution >= 4 is 40.0 Å². The van der Waals surface area contributed by atoms with Crippen LogP contribution in [0.15, 0.2) is 46.0 Å². The summed E-state index contributed by atoms with van der Waals surface area (Å²) in [6, 6.07) is 9.51. The third-order valence-corrected chi connectivity index (χ3v) is 7.15. The Morgan fingerprint density at radius 2 is 1.79 bits per heavy atom. The second kappa shape index (κ2) is 12.4. The second-order valence-electron chi connectivity index (χ2n) is 9.30. The average molecular weight is 558 g/mol. The van der Waals surface area contributed by atoms with Gasteiger partial charge in [0.05, 0.1) is 35.8 Å². The van der Waals surface area contributed by atoms with E-state index in [1.807, 2.05) is 6.92 Å². The van der Waals surface area contributed by atoms with Crippen LogP contribution >= 0.6 is 11.6 Å². The van der Waals surface area contributed by atoms with E-state index in [4.69, 9.17) is 21.1 Å². The first-order valence-corrected chi connectivity index (χ1v) is 13.1. The minimum atomic E-state index is -0.768. The molecule has 1 saturated heterocycles. The van der Waals surface area contributed by atoms with Crippen molar-refractivity contribution in [3.8, 4) is 11.5 Å². The first-order valence-electron chi connectivity index (χ1n) is 12.7. The van der Waals surface area contributed by atoms with Gasteiger partial charge in [-0.3, -0.25) is 23.5 Å². The number of carbonyl (C=O) groups excluding carboxylic acids is 2. The first-order chi connectivity index (χ1) is 18.8. The van der Waals surface area contributed by atoms with Crippen LogP contribution in [0.4, 0.5) is 5.69 Å². The van der Waals surface area contributed by atoms with Crippen LogP contribution in [0.5, 0.6) is 11.5 Å².